The van der Waals surface area contributed by atoms with Crippen LogP contribution in [0.15, 0.2) is 12.4 Å². The second kappa shape index (κ2) is 10.1. The van der Waals surface area contributed by atoms with Crippen molar-refractivity contribution in [2.24, 2.45) is 0 Å². The van der Waals surface area contributed by atoms with Gasteiger partial charge in [0.1, 0.15) is 0 Å². The first kappa shape index (κ1) is 15.2. The Balaban J connectivity index is 2.03. The van der Waals surface area contributed by atoms with Crippen LogP contribution in [0.1, 0.15) is 64.4 Å². The summed E-state index contributed by atoms with van der Waals surface area (Å²) in [5.41, 5.74) is 1.29. The van der Waals surface area contributed by atoms with Crippen LogP contribution in [0.3, 0.4) is 0 Å². The van der Waals surface area contributed by atoms with E-state index in [9.17, 15) is 0 Å². The maximum Gasteiger partial charge on any atom is 0.0534 e. The van der Waals surface area contributed by atoms with Crippen molar-refractivity contribution >= 4 is 0 Å². The normalized spacial score (nSPS) is 11.0. The predicted molar refractivity (Wildman–Crippen MR) is 77.6 cm³/mol. The molecule has 0 atom stereocenters. The summed E-state index contributed by atoms with van der Waals surface area (Å²) in [6.07, 6.45) is 13.7. The Hall–Kier alpha value is -0.830. The molecule has 0 saturated heterocycles. The summed E-state index contributed by atoms with van der Waals surface area (Å²) in [5, 5.41) is 7.71. The average molecular weight is 251 g/mol. The van der Waals surface area contributed by atoms with E-state index < -0.39 is 0 Å². The van der Waals surface area contributed by atoms with E-state index in [0.29, 0.717) is 0 Å². The van der Waals surface area contributed by atoms with Crippen molar-refractivity contribution in [3.63, 3.8) is 0 Å². The summed E-state index contributed by atoms with van der Waals surface area (Å²) in [7, 11) is 0. The molecule has 0 saturated carbocycles. The van der Waals surface area contributed by atoms with Crippen molar-refractivity contribution in [1.29, 1.82) is 0 Å². The van der Waals surface area contributed by atoms with Crippen LogP contribution in [-0.2, 0) is 13.1 Å². The van der Waals surface area contributed by atoms with Crippen LogP contribution in [0.4, 0.5) is 0 Å². The van der Waals surface area contributed by atoms with Crippen molar-refractivity contribution in [2.75, 3.05) is 6.54 Å². The van der Waals surface area contributed by atoms with Gasteiger partial charge in [-0.3, -0.25) is 4.68 Å². The van der Waals surface area contributed by atoms with Gasteiger partial charge >= 0.3 is 0 Å². The molecule has 0 amide bonds. The Morgan fingerprint density at radius 3 is 2.50 bits per heavy atom. The van der Waals surface area contributed by atoms with Gasteiger partial charge in [0.05, 0.1) is 6.20 Å². The van der Waals surface area contributed by atoms with Crippen molar-refractivity contribution in [3.05, 3.63) is 18.0 Å². The first-order valence-corrected chi connectivity index (χ1v) is 7.58. The van der Waals surface area contributed by atoms with E-state index in [1.54, 1.807) is 0 Å². The van der Waals surface area contributed by atoms with Gasteiger partial charge in [0.25, 0.3) is 0 Å². The first-order chi connectivity index (χ1) is 8.86. The highest BCUT2D eigenvalue weighted by Gasteiger charge is 1.98. The van der Waals surface area contributed by atoms with Gasteiger partial charge < -0.3 is 5.32 Å². The largest absolute Gasteiger partial charge is 0.313 e. The Bertz CT molecular complexity index is 294. The lowest BCUT2D eigenvalue weighted by molar-refractivity contribution is 0.523. The summed E-state index contributed by atoms with van der Waals surface area (Å²) < 4.78 is 2.08. The van der Waals surface area contributed by atoms with Gasteiger partial charge in [-0.05, 0) is 13.0 Å². The standard InChI is InChI=1S/C15H29N3/c1-3-5-6-7-8-9-10-11-18-14-15(13-17-18)12-16-4-2/h13-14,16H,3-12H2,1-2H3. The summed E-state index contributed by atoms with van der Waals surface area (Å²) in [5.74, 6) is 0. The second-order valence-electron chi connectivity index (χ2n) is 5.01. The van der Waals surface area contributed by atoms with Crippen LogP contribution >= 0.6 is 0 Å². The smallest absolute Gasteiger partial charge is 0.0534 e. The van der Waals surface area contributed by atoms with Gasteiger partial charge in [0.15, 0.2) is 0 Å². The predicted octanol–water partition coefficient (Wildman–Crippen LogP) is 3.74. The lowest BCUT2D eigenvalue weighted by Gasteiger charge is -2.02. The minimum Gasteiger partial charge on any atom is -0.313 e. The topological polar surface area (TPSA) is 29.9 Å². The molecule has 104 valence electrons. The number of aromatic nitrogens is 2. The fraction of sp³-hybridized carbons (Fsp3) is 0.800. The molecule has 1 heterocycles. The van der Waals surface area contributed by atoms with E-state index in [1.165, 1.54) is 50.5 Å². The molecule has 0 aromatic carbocycles. The number of hydrogen-bond donors (Lipinski definition) is 1. The van der Waals surface area contributed by atoms with E-state index in [0.717, 1.165) is 19.6 Å². The van der Waals surface area contributed by atoms with Crippen LogP contribution in [0.2, 0.25) is 0 Å². The van der Waals surface area contributed by atoms with Crippen LogP contribution in [0, 0.1) is 0 Å². The number of rotatable bonds is 11. The summed E-state index contributed by atoms with van der Waals surface area (Å²) in [6, 6.07) is 0. The molecule has 18 heavy (non-hydrogen) atoms. The number of hydrogen-bond acceptors (Lipinski definition) is 2. The SMILES string of the molecule is CCCCCCCCCn1cc(CNCC)cn1. The zero-order valence-electron chi connectivity index (χ0n) is 12.1. The van der Waals surface area contributed by atoms with Crippen molar-refractivity contribution in [2.45, 2.75) is 71.9 Å². The van der Waals surface area contributed by atoms with Gasteiger partial charge in [-0.2, -0.15) is 5.10 Å². The summed E-state index contributed by atoms with van der Waals surface area (Å²) in [4.78, 5) is 0. The number of nitrogens with zero attached hydrogens (tertiary/aromatic N) is 2. The van der Waals surface area contributed by atoms with Crippen molar-refractivity contribution < 1.29 is 0 Å². The van der Waals surface area contributed by atoms with Gasteiger partial charge in [-0.1, -0.05) is 52.4 Å². The van der Waals surface area contributed by atoms with Crippen molar-refractivity contribution in [3.8, 4) is 0 Å². The van der Waals surface area contributed by atoms with Crippen LogP contribution in [-0.4, -0.2) is 16.3 Å². The zero-order chi connectivity index (χ0) is 13.1. The van der Waals surface area contributed by atoms with E-state index >= 15 is 0 Å². The monoisotopic (exact) mass is 251 g/mol. The molecule has 0 spiro atoms. The maximum atomic E-state index is 4.39. The fourth-order valence-corrected chi connectivity index (χ4v) is 2.12. The lowest BCUT2D eigenvalue weighted by atomic mass is 10.1. The Morgan fingerprint density at radius 2 is 1.78 bits per heavy atom. The summed E-state index contributed by atoms with van der Waals surface area (Å²) in [6.45, 7) is 7.42. The van der Waals surface area contributed by atoms with E-state index in [1.807, 2.05) is 6.20 Å². The van der Waals surface area contributed by atoms with Crippen molar-refractivity contribution in [1.82, 2.24) is 15.1 Å². The van der Waals surface area contributed by atoms with Gasteiger partial charge in [-0.25, -0.2) is 0 Å². The molecule has 0 aliphatic rings. The Kier molecular flexibility index (Phi) is 8.57. The maximum absolute atomic E-state index is 4.39. The van der Waals surface area contributed by atoms with Gasteiger partial charge in [0.2, 0.25) is 0 Å². The average Bonchev–Trinajstić information content (AvgIpc) is 2.83. The van der Waals surface area contributed by atoms with Crippen LogP contribution < -0.4 is 5.32 Å². The molecular formula is C15H29N3. The molecule has 0 aliphatic heterocycles. The molecule has 0 radical (unpaired) electrons. The molecular weight excluding hydrogens is 222 g/mol. The number of aryl methyl sites for hydroxylation is 1. The lowest BCUT2D eigenvalue weighted by Crippen LogP contribution is -2.11. The molecule has 3 nitrogen and oxygen atoms in total. The fourth-order valence-electron chi connectivity index (χ4n) is 2.12. The zero-order valence-corrected chi connectivity index (χ0v) is 12.1. The van der Waals surface area contributed by atoms with Crippen LogP contribution in [0.5, 0.6) is 0 Å². The second-order valence-corrected chi connectivity index (χ2v) is 5.01. The third-order valence-electron chi connectivity index (χ3n) is 3.26. The molecule has 1 rings (SSSR count). The number of unbranched alkanes of at least 4 members (excludes halogenated alkanes) is 6. The molecule has 1 aromatic heterocycles. The third-order valence-corrected chi connectivity index (χ3v) is 3.26. The minimum atomic E-state index is 0.938. The molecule has 0 bridgehead atoms. The van der Waals surface area contributed by atoms with Crippen LogP contribution in [0.25, 0.3) is 0 Å². The first-order valence-electron chi connectivity index (χ1n) is 7.58. The van der Waals surface area contributed by atoms with Gasteiger partial charge in [0, 0.05) is 24.8 Å². The Labute approximate surface area is 112 Å². The molecule has 1 aromatic rings. The third kappa shape index (κ3) is 6.80. The minimum absolute atomic E-state index is 0.938. The highest BCUT2D eigenvalue weighted by molar-refractivity contribution is 5.02. The highest BCUT2D eigenvalue weighted by Crippen LogP contribution is 2.08. The molecule has 0 fully saturated rings. The molecule has 3 heteroatoms. The molecule has 0 unspecified atom stereocenters. The van der Waals surface area contributed by atoms with E-state index in [-0.39, 0.29) is 0 Å². The molecule has 0 aliphatic carbocycles. The quantitative estimate of drug-likeness (QED) is 0.607. The van der Waals surface area contributed by atoms with E-state index in [4.69, 9.17) is 0 Å². The summed E-state index contributed by atoms with van der Waals surface area (Å²) >= 11 is 0. The highest BCUT2D eigenvalue weighted by atomic mass is 15.3. The Morgan fingerprint density at radius 1 is 1.06 bits per heavy atom. The van der Waals surface area contributed by atoms with Gasteiger partial charge in [-0.15, -0.1) is 0 Å². The van der Waals surface area contributed by atoms with E-state index in [2.05, 4.69) is 35.1 Å². The molecule has 1 N–H and O–H groups in total. The number of nitrogens with one attached hydrogen (secondary N) is 1.